The van der Waals surface area contributed by atoms with Gasteiger partial charge in [-0.15, -0.1) is 0 Å². The standard InChI is InChI=1S/C8H15.Rb/c1-7(2)5-6-8(3)4;/h7H,5H2,1-4H3;/q-1;+1. The van der Waals surface area contributed by atoms with Gasteiger partial charge in [-0.2, -0.15) is 6.42 Å². The molecule has 0 spiro atoms. The Hall–Kier alpha value is 1.55. The predicted molar refractivity (Wildman–Crippen MR) is 37.6 cm³/mol. The molecule has 0 aromatic carbocycles. The Labute approximate surface area is 108 Å². The maximum Gasteiger partial charge on any atom is 1.00 e. The molecule has 0 bridgehead atoms. The molecule has 0 atom stereocenters. The molecule has 0 nitrogen and oxygen atoms in total. The molecular formula is C8H15Rb. The number of hydrogen-bond donors (Lipinski definition) is 0. The second-order valence-corrected chi connectivity index (χ2v) is 2.77. The van der Waals surface area contributed by atoms with Crippen LogP contribution in [0.3, 0.4) is 0 Å². The number of allylic oxidation sites excluding steroid dienone is 2. The molecule has 0 saturated heterocycles. The average molecular weight is 197 g/mol. The van der Waals surface area contributed by atoms with Gasteiger partial charge in [0.25, 0.3) is 0 Å². The molecule has 0 N–H and O–H groups in total. The zero-order valence-corrected chi connectivity index (χ0v) is 12.2. The van der Waals surface area contributed by atoms with E-state index in [0.29, 0.717) is 0 Å². The molecular weight excluding hydrogens is 182 g/mol. The van der Waals surface area contributed by atoms with Crippen LogP contribution < -0.4 is 58.2 Å². The molecule has 0 aliphatic rings. The molecule has 0 saturated carbocycles. The van der Waals surface area contributed by atoms with Crippen LogP contribution >= 0.6 is 0 Å². The predicted octanol–water partition coefficient (Wildman–Crippen LogP) is -0.194. The quantitative estimate of drug-likeness (QED) is 0.537. The fourth-order valence-electron chi connectivity index (χ4n) is 0.408. The molecule has 0 rings (SSSR count). The van der Waals surface area contributed by atoms with E-state index in [2.05, 4.69) is 33.8 Å². The molecule has 1 heteroatoms. The van der Waals surface area contributed by atoms with Gasteiger partial charge in [-0.3, -0.25) is 5.57 Å². The maximum atomic E-state index is 3.26. The molecule has 9 heavy (non-hydrogen) atoms. The van der Waals surface area contributed by atoms with E-state index in [9.17, 15) is 0 Å². The van der Waals surface area contributed by atoms with E-state index in [0.717, 1.165) is 12.3 Å². The second-order valence-electron chi connectivity index (χ2n) is 2.77. The zero-order chi connectivity index (χ0) is 6.57. The Morgan fingerprint density at radius 1 is 1.33 bits per heavy atom. The minimum Gasteiger partial charge on any atom is -0.497 e. The third-order valence-corrected chi connectivity index (χ3v) is 0.864. The van der Waals surface area contributed by atoms with Gasteiger partial charge in [0, 0.05) is 0 Å². The van der Waals surface area contributed by atoms with Gasteiger partial charge in [-0.1, -0.05) is 33.6 Å². The van der Waals surface area contributed by atoms with Crippen molar-refractivity contribution in [1.82, 2.24) is 0 Å². The van der Waals surface area contributed by atoms with Crippen LogP contribution in [0, 0.1) is 12.0 Å². The van der Waals surface area contributed by atoms with Crippen molar-refractivity contribution in [3.8, 4) is 0 Å². The molecule has 0 aromatic rings. The minimum absolute atomic E-state index is 0. The Kier molecular flexibility index (Phi) is 11.2. The van der Waals surface area contributed by atoms with Crippen LogP contribution in [0.5, 0.6) is 0 Å². The van der Waals surface area contributed by atoms with Crippen LogP contribution in [0.4, 0.5) is 0 Å². The van der Waals surface area contributed by atoms with Gasteiger partial charge >= 0.3 is 58.2 Å². The number of rotatable bonds is 2. The zero-order valence-electron chi connectivity index (χ0n) is 7.28. The summed E-state index contributed by atoms with van der Waals surface area (Å²) in [5.74, 6) is 0.755. The van der Waals surface area contributed by atoms with Crippen molar-refractivity contribution in [2.75, 3.05) is 0 Å². The summed E-state index contributed by atoms with van der Waals surface area (Å²) in [6, 6.07) is 0. The fraction of sp³-hybridized carbons (Fsp3) is 0.750. The first kappa shape index (κ1) is 13.2. The van der Waals surface area contributed by atoms with Gasteiger partial charge in [0.15, 0.2) is 0 Å². The summed E-state index contributed by atoms with van der Waals surface area (Å²) in [4.78, 5) is 0. The average Bonchev–Trinajstić information content (AvgIpc) is 1.61. The normalized spacial score (nSPS) is 8.56. The molecule has 0 amide bonds. The Morgan fingerprint density at radius 3 is 1.89 bits per heavy atom. The van der Waals surface area contributed by atoms with Crippen LogP contribution in [0.2, 0.25) is 0 Å². The van der Waals surface area contributed by atoms with Crippen molar-refractivity contribution >= 4 is 0 Å². The van der Waals surface area contributed by atoms with Crippen LogP contribution in [-0.2, 0) is 0 Å². The third-order valence-electron chi connectivity index (χ3n) is 0.864. The van der Waals surface area contributed by atoms with Crippen LogP contribution in [0.15, 0.2) is 5.57 Å². The van der Waals surface area contributed by atoms with E-state index in [4.69, 9.17) is 0 Å². The second kappa shape index (κ2) is 7.65. The Bertz CT molecular complexity index is 78.6. The van der Waals surface area contributed by atoms with Crippen LogP contribution in [0.25, 0.3) is 0 Å². The van der Waals surface area contributed by atoms with Crippen LogP contribution in [-0.4, -0.2) is 0 Å². The summed E-state index contributed by atoms with van der Waals surface area (Å²) >= 11 is 0. The van der Waals surface area contributed by atoms with Gasteiger partial charge in [-0.05, 0) is 0 Å². The van der Waals surface area contributed by atoms with Gasteiger partial charge in [0.05, 0.1) is 0 Å². The van der Waals surface area contributed by atoms with Crippen molar-refractivity contribution in [2.24, 2.45) is 5.92 Å². The molecule has 0 aromatic heterocycles. The summed E-state index contributed by atoms with van der Waals surface area (Å²) in [7, 11) is 0. The van der Waals surface area contributed by atoms with Crippen molar-refractivity contribution in [1.29, 1.82) is 0 Å². The van der Waals surface area contributed by atoms with Crippen molar-refractivity contribution < 1.29 is 58.2 Å². The largest absolute Gasteiger partial charge is 1.00 e. The first-order valence-electron chi connectivity index (χ1n) is 3.17. The smallest absolute Gasteiger partial charge is 0.497 e. The molecule has 0 unspecified atom stereocenters. The van der Waals surface area contributed by atoms with E-state index in [1.165, 1.54) is 5.57 Å². The van der Waals surface area contributed by atoms with E-state index in [1.54, 1.807) is 0 Å². The van der Waals surface area contributed by atoms with Gasteiger partial charge in [0.1, 0.15) is 0 Å². The summed E-state index contributed by atoms with van der Waals surface area (Å²) in [5.41, 5.74) is 1.30. The minimum atomic E-state index is 0. The number of hydrogen-bond acceptors (Lipinski definition) is 0. The molecule has 0 heterocycles. The van der Waals surface area contributed by atoms with Gasteiger partial charge in [-0.25, -0.2) is 0 Å². The third kappa shape index (κ3) is 12.7. The topological polar surface area (TPSA) is 0 Å². The summed E-state index contributed by atoms with van der Waals surface area (Å²) in [6.45, 7) is 8.58. The van der Waals surface area contributed by atoms with Gasteiger partial charge in [0.2, 0.25) is 0 Å². The van der Waals surface area contributed by atoms with Gasteiger partial charge < -0.3 is 6.08 Å². The molecule has 0 aliphatic carbocycles. The van der Waals surface area contributed by atoms with E-state index in [-0.39, 0.29) is 58.2 Å². The first-order valence-corrected chi connectivity index (χ1v) is 3.17. The maximum absolute atomic E-state index is 3.26. The Morgan fingerprint density at radius 2 is 1.78 bits per heavy atom. The first-order chi connectivity index (χ1) is 3.63. The van der Waals surface area contributed by atoms with E-state index >= 15 is 0 Å². The summed E-state index contributed by atoms with van der Waals surface area (Å²) in [6.07, 6.45) is 4.36. The SMILES string of the molecule is CC(C)=[C-]CC(C)C.[Rb+]. The Balaban J connectivity index is 0. The van der Waals surface area contributed by atoms with Crippen LogP contribution in [0.1, 0.15) is 34.1 Å². The fourth-order valence-corrected chi connectivity index (χ4v) is 0.408. The molecule has 0 aliphatic heterocycles. The van der Waals surface area contributed by atoms with E-state index < -0.39 is 0 Å². The molecule has 48 valence electrons. The summed E-state index contributed by atoms with van der Waals surface area (Å²) in [5, 5.41) is 0. The monoisotopic (exact) mass is 196 g/mol. The van der Waals surface area contributed by atoms with Crippen molar-refractivity contribution in [2.45, 2.75) is 34.1 Å². The molecule has 0 radical (unpaired) electrons. The van der Waals surface area contributed by atoms with E-state index in [1.807, 2.05) is 0 Å². The summed E-state index contributed by atoms with van der Waals surface area (Å²) < 4.78 is 0. The van der Waals surface area contributed by atoms with Crippen molar-refractivity contribution in [3.63, 3.8) is 0 Å². The molecule has 0 fully saturated rings. The van der Waals surface area contributed by atoms with Crippen molar-refractivity contribution in [3.05, 3.63) is 11.6 Å².